The summed E-state index contributed by atoms with van der Waals surface area (Å²) < 4.78 is 28.3. The van der Waals surface area contributed by atoms with Gasteiger partial charge in [-0.2, -0.15) is 5.26 Å². The minimum atomic E-state index is -3.25. The van der Waals surface area contributed by atoms with Gasteiger partial charge in [-0.3, -0.25) is 10.1 Å². The molecule has 1 heterocycles. The number of sulfone groups is 1. The molecule has 0 radical (unpaired) electrons. The molecule has 0 saturated carbocycles. The molecule has 136 valence electrons. The number of hydrogen-bond acceptors (Lipinski definition) is 7. The normalized spacial score (nSPS) is 11.0. The molecule has 0 saturated heterocycles. The van der Waals surface area contributed by atoms with Gasteiger partial charge in [0.15, 0.2) is 9.84 Å². The lowest BCUT2D eigenvalue weighted by molar-refractivity contribution is 0.102. The Balaban J connectivity index is 1.66. The predicted octanol–water partition coefficient (Wildman–Crippen LogP) is 2.19. The van der Waals surface area contributed by atoms with Crippen LogP contribution >= 0.6 is 0 Å². The van der Waals surface area contributed by atoms with Crippen LogP contribution in [-0.2, 0) is 16.3 Å². The van der Waals surface area contributed by atoms with Crippen molar-refractivity contribution in [2.75, 3.05) is 11.6 Å². The molecule has 0 aliphatic heterocycles. The second-order valence-corrected chi connectivity index (χ2v) is 7.75. The third kappa shape index (κ3) is 4.56. The molecule has 0 spiro atoms. The SMILES string of the molecule is CS(=O)(=O)c1ccc(Cc2nnc(NC(=O)c3ccc(C#N)cc3)o2)cc1. The summed E-state index contributed by atoms with van der Waals surface area (Å²) in [7, 11) is -3.25. The van der Waals surface area contributed by atoms with E-state index < -0.39 is 15.7 Å². The first kappa shape index (κ1) is 18.3. The Morgan fingerprint density at radius 2 is 1.78 bits per heavy atom. The molecule has 1 aromatic heterocycles. The molecule has 2 aromatic carbocycles. The summed E-state index contributed by atoms with van der Waals surface area (Å²) in [6, 6.07) is 14.4. The van der Waals surface area contributed by atoms with Crippen LogP contribution < -0.4 is 5.32 Å². The fourth-order valence-electron chi connectivity index (χ4n) is 2.27. The monoisotopic (exact) mass is 382 g/mol. The van der Waals surface area contributed by atoms with Gasteiger partial charge in [-0.05, 0) is 42.0 Å². The summed E-state index contributed by atoms with van der Waals surface area (Å²) in [5.41, 5.74) is 1.59. The van der Waals surface area contributed by atoms with Gasteiger partial charge in [-0.15, -0.1) is 5.10 Å². The second-order valence-electron chi connectivity index (χ2n) is 5.74. The Kier molecular flexibility index (Phi) is 5.00. The lowest BCUT2D eigenvalue weighted by atomic mass is 10.1. The summed E-state index contributed by atoms with van der Waals surface area (Å²) in [6.07, 6.45) is 1.44. The third-order valence-corrected chi connectivity index (χ3v) is 4.80. The summed E-state index contributed by atoms with van der Waals surface area (Å²) >= 11 is 0. The Morgan fingerprint density at radius 3 is 2.37 bits per heavy atom. The molecule has 1 N–H and O–H groups in total. The van der Waals surface area contributed by atoms with Gasteiger partial charge >= 0.3 is 6.01 Å². The van der Waals surface area contributed by atoms with Crippen LogP contribution in [0.4, 0.5) is 6.01 Å². The molecule has 0 bridgehead atoms. The molecule has 0 aliphatic rings. The molecule has 8 nitrogen and oxygen atoms in total. The lowest BCUT2D eigenvalue weighted by Gasteiger charge is -2.01. The number of nitrogens with zero attached hydrogens (tertiary/aromatic N) is 3. The molecule has 0 unspecified atom stereocenters. The van der Waals surface area contributed by atoms with E-state index in [1.54, 1.807) is 12.1 Å². The first-order valence-electron chi connectivity index (χ1n) is 7.78. The van der Waals surface area contributed by atoms with E-state index in [1.165, 1.54) is 36.4 Å². The van der Waals surface area contributed by atoms with Gasteiger partial charge < -0.3 is 4.42 Å². The number of carbonyl (C=O) groups excluding carboxylic acids is 1. The molecule has 9 heteroatoms. The van der Waals surface area contributed by atoms with E-state index in [0.717, 1.165) is 11.8 Å². The fourth-order valence-corrected chi connectivity index (χ4v) is 2.90. The van der Waals surface area contributed by atoms with E-state index in [9.17, 15) is 13.2 Å². The van der Waals surface area contributed by atoms with E-state index in [-0.39, 0.29) is 16.8 Å². The molecule has 0 fully saturated rings. The van der Waals surface area contributed by atoms with Crippen molar-refractivity contribution >= 4 is 21.8 Å². The van der Waals surface area contributed by atoms with E-state index in [2.05, 4.69) is 15.5 Å². The van der Waals surface area contributed by atoms with Gasteiger partial charge in [0, 0.05) is 11.8 Å². The van der Waals surface area contributed by atoms with Crippen molar-refractivity contribution in [3.63, 3.8) is 0 Å². The maximum atomic E-state index is 12.1. The number of benzene rings is 2. The largest absolute Gasteiger partial charge is 0.407 e. The molecule has 27 heavy (non-hydrogen) atoms. The van der Waals surface area contributed by atoms with Crippen LogP contribution in [0.5, 0.6) is 0 Å². The van der Waals surface area contributed by atoms with Crippen LogP contribution in [0.3, 0.4) is 0 Å². The molecule has 1 amide bonds. The number of rotatable bonds is 5. The Labute approximate surface area is 155 Å². The standard InChI is InChI=1S/C18H14N4O4S/c1-27(24,25)15-8-4-12(5-9-15)10-16-21-22-18(26-16)20-17(23)14-6-2-13(11-19)3-7-14/h2-9H,10H2,1H3,(H,20,22,23). The summed E-state index contributed by atoms with van der Waals surface area (Å²) in [5.74, 6) is -0.163. The van der Waals surface area contributed by atoms with Crippen LogP contribution in [0.25, 0.3) is 0 Å². The van der Waals surface area contributed by atoms with E-state index in [1.807, 2.05) is 6.07 Å². The van der Waals surface area contributed by atoms with Crippen LogP contribution in [0.1, 0.15) is 27.4 Å². The Hall–Kier alpha value is -3.51. The number of carbonyl (C=O) groups is 1. The van der Waals surface area contributed by atoms with Crippen molar-refractivity contribution in [1.82, 2.24) is 10.2 Å². The van der Waals surface area contributed by atoms with Crippen molar-refractivity contribution < 1.29 is 17.6 Å². The number of anilines is 1. The highest BCUT2D eigenvalue weighted by Crippen LogP contribution is 2.15. The molecular weight excluding hydrogens is 368 g/mol. The van der Waals surface area contributed by atoms with Crippen LogP contribution in [0.15, 0.2) is 57.8 Å². The second kappa shape index (κ2) is 7.39. The van der Waals surface area contributed by atoms with Crippen molar-refractivity contribution in [1.29, 1.82) is 5.26 Å². The Morgan fingerprint density at radius 1 is 1.11 bits per heavy atom. The van der Waals surface area contributed by atoms with Crippen molar-refractivity contribution in [2.45, 2.75) is 11.3 Å². The Bertz CT molecular complexity index is 1110. The average molecular weight is 382 g/mol. The van der Waals surface area contributed by atoms with Gasteiger partial charge in [0.2, 0.25) is 5.89 Å². The first-order chi connectivity index (χ1) is 12.8. The van der Waals surface area contributed by atoms with Crippen molar-refractivity contribution in [3.8, 4) is 6.07 Å². The van der Waals surface area contributed by atoms with E-state index >= 15 is 0 Å². The highest BCUT2D eigenvalue weighted by atomic mass is 32.2. The van der Waals surface area contributed by atoms with Crippen LogP contribution in [0, 0.1) is 11.3 Å². The van der Waals surface area contributed by atoms with E-state index in [4.69, 9.17) is 9.68 Å². The molecule has 0 aliphatic carbocycles. The van der Waals surface area contributed by atoms with Gasteiger partial charge in [0.25, 0.3) is 5.91 Å². The minimum absolute atomic E-state index is 0.0490. The van der Waals surface area contributed by atoms with Crippen LogP contribution in [0.2, 0.25) is 0 Å². The zero-order valence-corrected chi connectivity index (χ0v) is 15.0. The van der Waals surface area contributed by atoms with Crippen molar-refractivity contribution in [2.24, 2.45) is 0 Å². The molecule has 3 rings (SSSR count). The topological polar surface area (TPSA) is 126 Å². The number of hydrogen-bond donors (Lipinski definition) is 1. The summed E-state index contributed by atoms with van der Waals surface area (Å²) in [6.45, 7) is 0. The molecule has 0 atom stereocenters. The predicted molar refractivity (Wildman–Crippen MR) is 95.8 cm³/mol. The van der Waals surface area contributed by atoms with Crippen LogP contribution in [-0.4, -0.2) is 30.8 Å². The van der Waals surface area contributed by atoms with Gasteiger partial charge in [-0.25, -0.2) is 8.42 Å². The van der Waals surface area contributed by atoms with E-state index in [0.29, 0.717) is 17.5 Å². The average Bonchev–Trinajstić information content (AvgIpc) is 3.08. The quantitative estimate of drug-likeness (QED) is 0.716. The number of nitrogens with one attached hydrogen (secondary N) is 1. The maximum Gasteiger partial charge on any atom is 0.322 e. The number of nitriles is 1. The number of aromatic nitrogens is 2. The highest BCUT2D eigenvalue weighted by Gasteiger charge is 2.13. The van der Waals surface area contributed by atoms with Gasteiger partial charge in [-0.1, -0.05) is 17.2 Å². The zero-order chi connectivity index (χ0) is 19.4. The fraction of sp³-hybridized carbons (Fsp3) is 0.111. The zero-order valence-electron chi connectivity index (χ0n) is 14.2. The number of amides is 1. The summed E-state index contributed by atoms with van der Waals surface area (Å²) in [5, 5.41) is 18.9. The molecular formula is C18H14N4O4S. The van der Waals surface area contributed by atoms with Gasteiger partial charge in [0.1, 0.15) is 0 Å². The first-order valence-corrected chi connectivity index (χ1v) is 9.67. The highest BCUT2D eigenvalue weighted by molar-refractivity contribution is 7.90. The maximum absolute atomic E-state index is 12.1. The smallest absolute Gasteiger partial charge is 0.322 e. The van der Waals surface area contributed by atoms with Gasteiger partial charge in [0.05, 0.1) is 22.9 Å². The summed E-state index contributed by atoms with van der Waals surface area (Å²) in [4.78, 5) is 12.4. The minimum Gasteiger partial charge on any atom is -0.407 e. The molecule has 3 aromatic rings. The van der Waals surface area contributed by atoms with Crippen molar-refractivity contribution in [3.05, 3.63) is 71.1 Å². The lowest BCUT2D eigenvalue weighted by Crippen LogP contribution is -2.12. The third-order valence-electron chi connectivity index (χ3n) is 3.67.